The number of hydrogen-bond acceptors (Lipinski definition) is 5. The topological polar surface area (TPSA) is 94.1 Å². The minimum atomic E-state index is -1.12. The number of methoxy groups -OCH3 is 3. The zero-order chi connectivity index (χ0) is 16.0. The molecule has 1 amide bonds. The Hall–Kier alpha value is -2.44. The number of carbonyl (C=O) groups excluding carboxylic acids is 1. The van der Waals surface area contributed by atoms with Crippen molar-refractivity contribution in [2.45, 2.75) is 19.4 Å². The molecule has 0 radical (unpaired) electrons. The van der Waals surface area contributed by atoms with E-state index in [-0.39, 0.29) is 6.42 Å². The number of carboxylic acid groups (broad SMARTS) is 1. The average Bonchev–Trinajstić information content (AvgIpc) is 2.45. The van der Waals surface area contributed by atoms with E-state index in [1.165, 1.54) is 28.3 Å². The molecular formula is C14H19NO6. The van der Waals surface area contributed by atoms with Crippen molar-refractivity contribution < 1.29 is 28.9 Å². The highest BCUT2D eigenvalue weighted by Gasteiger charge is 2.23. The number of carbonyl (C=O) groups is 2. The molecule has 2 N–H and O–H groups in total. The predicted molar refractivity (Wildman–Crippen MR) is 75.0 cm³/mol. The highest BCUT2D eigenvalue weighted by molar-refractivity contribution is 5.82. The van der Waals surface area contributed by atoms with Crippen LogP contribution in [-0.4, -0.2) is 44.4 Å². The molecule has 7 nitrogen and oxygen atoms in total. The first kappa shape index (κ1) is 16.6. The molecule has 0 aromatic heterocycles. The van der Waals surface area contributed by atoms with Crippen molar-refractivity contribution in [3.05, 3.63) is 17.7 Å². The third-order valence-corrected chi connectivity index (χ3v) is 2.89. The van der Waals surface area contributed by atoms with Crippen LogP contribution in [0.3, 0.4) is 0 Å². The monoisotopic (exact) mass is 297 g/mol. The summed E-state index contributed by atoms with van der Waals surface area (Å²) in [4.78, 5) is 22.3. The van der Waals surface area contributed by atoms with Gasteiger partial charge >= 0.3 is 5.97 Å². The van der Waals surface area contributed by atoms with Crippen LogP contribution in [0.25, 0.3) is 0 Å². The summed E-state index contributed by atoms with van der Waals surface area (Å²) < 4.78 is 15.7. The molecule has 0 aliphatic rings. The fraction of sp³-hybridized carbons (Fsp3) is 0.429. The van der Waals surface area contributed by atoms with Gasteiger partial charge in [0.2, 0.25) is 11.7 Å². The first-order chi connectivity index (χ1) is 9.94. The molecule has 116 valence electrons. The summed E-state index contributed by atoms with van der Waals surface area (Å²) in [7, 11) is 4.41. The Morgan fingerprint density at radius 2 is 1.76 bits per heavy atom. The maximum Gasteiger partial charge on any atom is 0.326 e. The first-order valence-electron chi connectivity index (χ1n) is 6.22. The molecule has 0 fully saturated rings. The smallest absolute Gasteiger partial charge is 0.326 e. The largest absolute Gasteiger partial charge is 0.493 e. The van der Waals surface area contributed by atoms with E-state index in [0.29, 0.717) is 22.8 Å². The predicted octanol–water partition coefficient (Wildman–Crippen LogP) is 0.844. The van der Waals surface area contributed by atoms with Crippen LogP contribution < -0.4 is 19.5 Å². The Labute approximate surface area is 122 Å². The molecule has 0 bridgehead atoms. The quantitative estimate of drug-likeness (QED) is 0.774. The van der Waals surface area contributed by atoms with E-state index in [0.717, 1.165) is 0 Å². The van der Waals surface area contributed by atoms with Gasteiger partial charge in [0.1, 0.15) is 6.04 Å². The number of rotatable bonds is 7. The van der Waals surface area contributed by atoms with Gasteiger partial charge in [0.15, 0.2) is 11.5 Å². The zero-order valence-corrected chi connectivity index (χ0v) is 12.4. The number of amides is 1. The normalized spacial score (nSPS) is 11.4. The van der Waals surface area contributed by atoms with Crippen molar-refractivity contribution in [1.29, 1.82) is 0 Å². The number of aliphatic carboxylic acids is 1. The maximum absolute atomic E-state index is 11.2. The molecule has 1 rings (SSSR count). The van der Waals surface area contributed by atoms with E-state index in [1.807, 2.05) is 0 Å². The fourth-order valence-corrected chi connectivity index (χ4v) is 1.99. The third-order valence-electron chi connectivity index (χ3n) is 2.89. The van der Waals surface area contributed by atoms with Gasteiger partial charge in [-0.25, -0.2) is 4.79 Å². The summed E-state index contributed by atoms with van der Waals surface area (Å²) in [6, 6.07) is 2.29. The number of benzene rings is 1. The molecule has 1 aromatic rings. The third kappa shape index (κ3) is 4.01. The van der Waals surface area contributed by atoms with Crippen molar-refractivity contribution >= 4 is 11.9 Å². The van der Waals surface area contributed by atoms with E-state index in [9.17, 15) is 9.59 Å². The molecule has 1 atom stereocenters. The van der Waals surface area contributed by atoms with Crippen LogP contribution in [0.4, 0.5) is 0 Å². The van der Waals surface area contributed by atoms with E-state index >= 15 is 0 Å². The van der Waals surface area contributed by atoms with Gasteiger partial charge in [0, 0.05) is 18.9 Å². The Morgan fingerprint density at radius 3 is 2.19 bits per heavy atom. The lowest BCUT2D eigenvalue weighted by Gasteiger charge is -2.18. The van der Waals surface area contributed by atoms with Crippen molar-refractivity contribution in [3.63, 3.8) is 0 Å². The Balaban J connectivity index is 3.17. The van der Waals surface area contributed by atoms with Crippen molar-refractivity contribution in [2.75, 3.05) is 21.3 Å². The second-order valence-corrected chi connectivity index (χ2v) is 4.29. The van der Waals surface area contributed by atoms with Crippen molar-refractivity contribution in [3.8, 4) is 17.2 Å². The lowest BCUT2D eigenvalue weighted by molar-refractivity contribution is -0.141. The minimum Gasteiger partial charge on any atom is -0.493 e. The second-order valence-electron chi connectivity index (χ2n) is 4.29. The summed E-state index contributed by atoms with van der Waals surface area (Å²) in [6.45, 7) is 1.27. The maximum atomic E-state index is 11.2. The Kier molecular flexibility index (Phi) is 5.83. The number of ether oxygens (including phenoxy) is 3. The van der Waals surface area contributed by atoms with Crippen LogP contribution in [0.5, 0.6) is 17.2 Å². The van der Waals surface area contributed by atoms with E-state index in [4.69, 9.17) is 19.3 Å². The summed E-state index contributed by atoms with van der Waals surface area (Å²) in [5, 5.41) is 11.5. The molecule has 0 heterocycles. The SMILES string of the molecule is COc1ccc(CC(NC(C)=O)C(=O)O)c(OC)c1OC. The molecule has 0 saturated heterocycles. The zero-order valence-electron chi connectivity index (χ0n) is 12.4. The van der Waals surface area contributed by atoms with Gasteiger partial charge in [-0.3, -0.25) is 4.79 Å². The van der Waals surface area contributed by atoms with Crippen LogP contribution in [-0.2, 0) is 16.0 Å². The van der Waals surface area contributed by atoms with Gasteiger partial charge in [-0.1, -0.05) is 6.07 Å². The van der Waals surface area contributed by atoms with Crippen molar-refractivity contribution in [1.82, 2.24) is 5.32 Å². The molecule has 21 heavy (non-hydrogen) atoms. The van der Waals surface area contributed by atoms with E-state index in [1.54, 1.807) is 12.1 Å². The molecule has 0 aliphatic carbocycles. The van der Waals surface area contributed by atoms with E-state index < -0.39 is 17.9 Å². The highest BCUT2D eigenvalue weighted by Crippen LogP contribution is 2.40. The molecule has 7 heteroatoms. The average molecular weight is 297 g/mol. The highest BCUT2D eigenvalue weighted by atomic mass is 16.5. The second kappa shape index (κ2) is 7.37. The Morgan fingerprint density at radius 1 is 1.14 bits per heavy atom. The number of carboxylic acids is 1. The van der Waals surface area contributed by atoms with Gasteiger partial charge in [-0.05, 0) is 6.07 Å². The van der Waals surface area contributed by atoms with Crippen LogP contribution in [0, 0.1) is 0 Å². The van der Waals surface area contributed by atoms with Gasteiger partial charge in [-0.15, -0.1) is 0 Å². The standard InChI is InChI=1S/C14H19NO6/c1-8(16)15-10(14(17)18)7-9-5-6-11(19-2)13(21-4)12(9)20-3/h5-6,10H,7H2,1-4H3,(H,15,16)(H,17,18). The van der Waals surface area contributed by atoms with Gasteiger partial charge in [0.05, 0.1) is 21.3 Å². The molecule has 0 aliphatic heterocycles. The lowest BCUT2D eigenvalue weighted by atomic mass is 10.0. The van der Waals surface area contributed by atoms with E-state index in [2.05, 4.69) is 5.32 Å². The molecular weight excluding hydrogens is 278 g/mol. The Bertz CT molecular complexity index is 528. The van der Waals surface area contributed by atoms with Crippen molar-refractivity contribution in [2.24, 2.45) is 0 Å². The number of hydrogen-bond donors (Lipinski definition) is 2. The summed E-state index contributed by atoms with van der Waals surface area (Å²) >= 11 is 0. The number of nitrogens with one attached hydrogen (secondary N) is 1. The fourth-order valence-electron chi connectivity index (χ4n) is 1.99. The summed E-state index contributed by atoms with van der Waals surface area (Å²) in [5.41, 5.74) is 0.594. The first-order valence-corrected chi connectivity index (χ1v) is 6.22. The van der Waals surface area contributed by atoms with Crippen LogP contribution in [0.15, 0.2) is 12.1 Å². The molecule has 1 unspecified atom stereocenters. The van der Waals surface area contributed by atoms with Gasteiger partial charge in [0.25, 0.3) is 0 Å². The van der Waals surface area contributed by atoms with Gasteiger partial charge < -0.3 is 24.6 Å². The molecule has 1 aromatic carbocycles. The minimum absolute atomic E-state index is 0.0679. The molecule has 0 spiro atoms. The van der Waals surface area contributed by atoms with Crippen LogP contribution >= 0.6 is 0 Å². The lowest BCUT2D eigenvalue weighted by Crippen LogP contribution is -2.41. The van der Waals surface area contributed by atoms with Gasteiger partial charge in [-0.2, -0.15) is 0 Å². The summed E-state index contributed by atoms with van der Waals surface area (Å²) in [6.07, 6.45) is 0.0679. The summed E-state index contributed by atoms with van der Waals surface area (Å²) in [5.74, 6) is -0.300. The molecule has 0 saturated carbocycles. The van der Waals surface area contributed by atoms with Crippen LogP contribution in [0.2, 0.25) is 0 Å². The van der Waals surface area contributed by atoms with Crippen LogP contribution in [0.1, 0.15) is 12.5 Å².